The molecule has 0 saturated heterocycles. The summed E-state index contributed by atoms with van der Waals surface area (Å²) in [7, 11) is 0. The molecule has 0 bridgehead atoms. The van der Waals surface area contributed by atoms with Crippen molar-refractivity contribution in [1.82, 2.24) is 0 Å². The van der Waals surface area contributed by atoms with Crippen molar-refractivity contribution in [3.05, 3.63) is 222 Å². The molecule has 9 aromatic carbocycles. The van der Waals surface area contributed by atoms with Gasteiger partial charge in [-0.3, -0.25) is 0 Å². The summed E-state index contributed by atoms with van der Waals surface area (Å²) >= 11 is 0. The van der Waals surface area contributed by atoms with Gasteiger partial charge in [-0.1, -0.05) is 139 Å². The highest BCUT2D eigenvalue weighted by Crippen LogP contribution is 2.39. The van der Waals surface area contributed by atoms with E-state index in [0.717, 1.165) is 50.8 Å². The van der Waals surface area contributed by atoms with Gasteiger partial charge in [-0.15, -0.1) is 6.42 Å². The monoisotopic (exact) mass is 728 g/mol. The van der Waals surface area contributed by atoms with Crippen molar-refractivity contribution in [2.75, 3.05) is 9.80 Å². The zero-order chi connectivity index (χ0) is 38.6. The fraction of sp³-hybridized carbons (Fsp3) is 0.0182. The molecule has 0 unspecified atom stereocenters. The van der Waals surface area contributed by atoms with Gasteiger partial charge in [0.05, 0.1) is 0 Å². The highest BCUT2D eigenvalue weighted by atomic mass is 15.1. The number of benzene rings is 9. The second-order valence-electron chi connectivity index (χ2n) is 14.3. The van der Waals surface area contributed by atoms with Crippen LogP contribution in [-0.4, -0.2) is 0 Å². The minimum Gasteiger partial charge on any atom is -0.310 e. The van der Waals surface area contributed by atoms with Gasteiger partial charge in [0.1, 0.15) is 0 Å². The molecule has 9 aromatic rings. The van der Waals surface area contributed by atoms with Gasteiger partial charge in [0.25, 0.3) is 0 Å². The Morgan fingerprint density at radius 2 is 0.719 bits per heavy atom. The summed E-state index contributed by atoms with van der Waals surface area (Å²) in [6.07, 6.45) is 13.7. The van der Waals surface area contributed by atoms with Crippen LogP contribution < -0.4 is 9.80 Å². The van der Waals surface area contributed by atoms with Crippen molar-refractivity contribution >= 4 is 84.7 Å². The molecule has 0 N–H and O–H groups in total. The molecule has 2 heteroatoms. The molecule has 0 aromatic heterocycles. The van der Waals surface area contributed by atoms with Gasteiger partial charge >= 0.3 is 0 Å². The van der Waals surface area contributed by atoms with Crippen molar-refractivity contribution in [2.45, 2.75) is 6.92 Å². The molecule has 0 fully saturated rings. The van der Waals surface area contributed by atoms with E-state index >= 15 is 0 Å². The van der Waals surface area contributed by atoms with Crippen LogP contribution in [-0.2, 0) is 0 Å². The average molecular weight is 729 g/mol. The van der Waals surface area contributed by atoms with Crippen molar-refractivity contribution in [2.24, 2.45) is 0 Å². The van der Waals surface area contributed by atoms with E-state index in [1.807, 2.05) is 6.08 Å². The molecule has 2 nitrogen and oxygen atoms in total. The predicted octanol–water partition coefficient (Wildman–Crippen LogP) is 15.2. The Kier molecular flexibility index (Phi) is 9.63. The van der Waals surface area contributed by atoms with Crippen molar-refractivity contribution in [3.8, 4) is 12.3 Å². The van der Waals surface area contributed by atoms with E-state index in [0.29, 0.717) is 0 Å². The first-order valence-corrected chi connectivity index (χ1v) is 19.3. The Bertz CT molecular complexity index is 2900. The van der Waals surface area contributed by atoms with Crippen molar-refractivity contribution < 1.29 is 0 Å². The highest BCUT2D eigenvalue weighted by Gasteiger charge is 2.16. The number of hydrogen-bond acceptors (Lipinski definition) is 2. The smallest absolute Gasteiger partial charge is 0.0468 e. The summed E-state index contributed by atoms with van der Waals surface area (Å²) in [6, 6.07) is 69.7. The molecule has 0 atom stereocenters. The van der Waals surface area contributed by atoms with E-state index in [1.54, 1.807) is 6.08 Å². The van der Waals surface area contributed by atoms with Gasteiger partial charge in [-0.2, -0.15) is 0 Å². The number of terminal acetylenes is 1. The SMILES string of the molecule is C#C/C=C\c1cc(N(c2ccc(/C=C/c3ccc(N(c4ccc5ccccc5c4)c4ccc5ccccc5c4)cc3)cc2)c2ccc3ccccc3c2)ccc1C. The second kappa shape index (κ2) is 15.6. The fourth-order valence-corrected chi connectivity index (χ4v) is 7.59. The molecule has 0 aliphatic carbocycles. The lowest BCUT2D eigenvalue weighted by atomic mass is 10.0. The van der Waals surface area contributed by atoms with Gasteiger partial charge in [-0.05, 0) is 146 Å². The van der Waals surface area contributed by atoms with E-state index in [4.69, 9.17) is 6.42 Å². The lowest BCUT2D eigenvalue weighted by molar-refractivity contribution is 1.27. The summed E-state index contributed by atoms with van der Waals surface area (Å²) < 4.78 is 0. The number of rotatable bonds is 9. The Morgan fingerprint density at radius 3 is 1.12 bits per heavy atom. The van der Waals surface area contributed by atoms with Crippen LogP contribution in [0.5, 0.6) is 0 Å². The minimum atomic E-state index is 1.07. The van der Waals surface area contributed by atoms with Gasteiger partial charge < -0.3 is 9.80 Å². The molecule has 0 amide bonds. The molecular formula is C55H40N2. The predicted molar refractivity (Wildman–Crippen MR) is 246 cm³/mol. The first-order chi connectivity index (χ1) is 28.1. The molecule has 0 saturated carbocycles. The maximum atomic E-state index is 5.57. The highest BCUT2D eigenvalue weighted by molar-refractivity contribution is 5.93. The zero-order valence-electron chi connectivity index (χ0n) is 31.8. The number of hydrogen-bond donors (Lipinski definition) is 0. The summed E-state index contributed by atoms with van der Waals surface area (Å²) in [5.41, 5.74) is 11.1. The first-order valence-electron chi connectivity index (χ1n) is 19.3. The second-order valence-corrected chi connectivity index (χ2v) is 14.3. The summed E-state index contributed by atoms with van der Waals surface area (Å²) in [4.78, 5) is 4.65. The van der Waals surface area contributed by atoms with Crippen LogP contribution in [0.4, 0.5) is 34.1 Å². The molecule has 0 heterocycles. The number of nitrogens with zero attached hydrogens (tertiary/aromatic N) is 2. The maximum Gasteiger partial charge on any atom is 0.0468 e. The first kappa shape index (κ1) is 35.1. The van der Waals surface area contributed by atoms with Crippen molar-refractivity contribution in [3.63, 3.8) is 0 Å². The third-order valence-electron chi connectivity index (χ3n) is 10.6. The number of fused-ring (bicyclic) bond motifs is 3. The number of anilines is 6. The van der Waals surface area contributed by atoms with E-state index < -0.39 is 0 Å². The van der Waals surface area contributed by atoms with Gasteiger partial charge in [-0.25, -0.2) is 0 Å². The minimum absolute atomic E-state index is 1.07. The standard InChI is InChI=1S/C55H40N2/c1-3-4-11-46-36-52(28-18-40(46)2)56(53-33-25-43-12-5-8-15-47(43)37-53)50-29-21-41(22-30-50)19-20-42-23-31-51(32-24-42)57(54-34-26-44-13-6-9-16-48(44)38-54)55-35-27-45-14-7-10-17-49(45)39-55/h1,4-39H,2H3/b11-4-,20-19+. The Balaban J connectivity index is 1.02. The average Bonchev–Trinajstić information content (AvgIpc) is 3.26. The van der Waals surface area contributed by atoms with Crippen LogP contribution in [0.15, 0.2) is 200 Å². The lowest BCUT2D eigenvalue weighted by Gasteiger charge is -2.26. The number of aryl methyl sites for hydroxylation is 1. The topological polar surface area (TPSA) is 6.48 Å². The van der Waals surface area contributed by atoms with Gasteiger partial charge in [0.2, 0.25) is 0 Å². The van der Waals surface area contributed by atoms with E-state index in [-0.39, 0.29) is 0 Å². The molecule has 0 aliphatic rings. The van der Waals surface area contributed by atoms with Crippen LogP contribution in [0.2, 0.25) is 0 Å². The van der Waals surface area contributed by atoms with Gasteiger partial charge in [0.15, 0.2) is 0 Å². The van der Waals surface area contributed by atoms with E-state index in [9.17, 15) is 0 Å². The van der Waals surface area contributed by atoms with E-state index in [1.165, 1.54) is 37.9 Å². The molecular weight excluding hydrogens is 689 g/mol. The fourth-order valence-electron chi connectivity index (χ4n) is 7.59. The summed E-state index contributed by atoms with van der Waals surface area (Å²) in [5, 5.41) is 7.30. The summed E-state index contributed by atoms with van der Waals surface area (Å²) in [6.45, 7) is 2.11. The molecule has 270 valence electrons. The van der Waals surface area contributed by atoms with Crippen molar-refractivity contribution in [1.29, 1.82) is 0 Å². The largest absolute Gasteiger partial charge is 0.310 e. The van der Waals surface area contributed by atoms with Crippen LogP contribution in [0.3, 0.4) is 0 Å². The number of allylic oxidation sites excluding steroid dienone is 1. The third-order valence-corrected chi connectivity index (χ3v) is 10.6. The van der Waals surface area contributed by atoms with Crippen LogP contribution in [0.1, 0.15) is 22.3 Å². The Labute approximate surface area is 334 Å². The van der Waals surface area contributed by atoms with Crippen LogP contribution in [0, 0.1) is 19.3 Å². The molecule has 0 spiro atoms. The van der Waals surface area contributed by atoms with Crippen LogP contribution >= 0.6 is 0 Å². The van der Waals surface area contributed by atoms with Gasteiger partial charge in [0, 0.05) is 34.1 Å². The summed E-state index contributed by atoms with van der Waals surface area (Å²) in [5.74, 6) is 2.63. The molecule has 0 aliphatic heterocycles. The molecule has 9 rings (SSSR count). The maximum absolute atomic E-state index is 5.57. The Morgan fingerprint density at radius 1 is 0.368 bits per heavy atom. The zero-order valence-corrected chi connectivity index (χ0v) is 31.8. The molecule has 57 heavy (non-hydrogen) atoms. The Hall–Kier alpha value is -7.60. The lowest BCUT2D eigenvalue weighted by Crippen LogP contribution is -2.10. The van der Waals surface area contributed by atoms with Crippen LogP contribution in [0.25, 0.3) is 50.5 Å². The molecule has 0 radical (unpaired) electrons. The van der Waals surface area contributed by atoms with E-state index in [2.05, 4.69) is 229 Å². The third kappa shape index (κ3) is 7.43. The normalized spacial score (nSPS) is 11.4. The quantitative estimate of drug-likeness (QED) is 0.108.